The maximum atomic E-state index is 11.6. The Bertz CT molecular complexity index is 579. The van der Waals surface area contributed by atoms with Crippen molar-refractivity contribution < 1.29 is 4.79 Å². The van der Waals surface area contributed by atoms with Crippen LogP contribution in [0.4, 0.5) is 4.79 Å². The summed E-state index contributed by atoms with van der Waals surface area (Å²) >= 11 is 0. The molecule has 2 rings (SSSR count). The number of benzene rings is 2. The van der Waals surface area contributed by atoms with E-state index in [1.807, 2.05) is 42.5 Å². The molecular weight excluding hydrogens is 272 g/mol. The fourth-order valence-electron chi connectivity index (χ4n) is 2.13. The predicted octanol–water partition coefficient (Wildman–Crippen LogP) is 3.98. The first-order valence-electron chi connectivity index (χ1n) is 7.64. The second-order valence-corrected chi connectivity index (χ2v) is 5.09. The van der Waals surface area contributed by atoms with Gasteiger partial charge >= 0.3 is 6.03 Å². The number of carbonyl (C=O) groups is 1. The van der Waals surface area contributed by atoms with Crippen LogP contribution in [0.2, 0.25) is 0 Å². The van der Waals surface area contributed by atoms with Crippen LogP contribution in [-0.4, -0.2) is 12.6 Å². The zero-order valence-electron chi connectivity index (χ0n) is 12.7. The summed E-state index contributed by atoms with van der Waals surface area (Å²) in [4.78, 5) is 11.6. The van der Waals surface area contributed by atoms with Gasteiger partial charge in [0.1, 0.15) is 0 Å². The zero-order chi connectivity index (χ0) is 15.5. The van der Waals surface area contributed by atoms with Gasteiger partial charge in [0.05, 0.1) is 0 Å². The van der Waals surface area contributed by atoms with Crippen LogP contribution < -0.4 is 10.6 Å². The van der Waals surface area contributed by atoms with Crippen LogP contribution in [0.25, 0.3) is 6.08 Å². The minimum atomic E-state index is -0.160. The molecule has 0 radical (unpaired) electrons. The summed E-state index contributed by atoms with van der Waals surface area (Å²) < 4.78 is 0. The Morgan fingerprint density at radius 2 is 1.59 bits per heavy atom. The number of nitrogens with one attached hydrogen (secondary N) is 2. The van der Waals surface area contributed by atoms with Crippen molar-refractivity contribution in [3.8, 4) is 0 Å². The molecular formula is C19H22N2O. The van der Waals surface area contributed by atoms with Crippen LogP contribution in [0.1, 0.15) is 24.0 Å². The SMILES string of the molecule is O=C(N/C=C/c1ccccc1)NCCCCc1ccccc1. The van der Waals surface area contributed by atoms with Crippen molar-refractivity contribution in [3.05, 3.63) is 78.0 Å². The normalized spacial score (nSPS) is 10.5. The lowest BCUT2D eigenvalue weighted by molar-refractivity contribution is 0.244. The van der Waals surface area contributed by atoms with Crippen molar-refractivity contribution in [2.75, 3.05) is 6.54 Å². The van der Waals surface area contributed by atoms with Crippen molar-refractivity contribution in [1.82, 2.24) is 10.6 Å². The van der Waals surface area contributed by atoms with E-state index in [0.29, 0.717) is 6.54 Å². The number of aryl methyl sites for hydroxylation is 1. The molecule has 2 amide bonds. The highest BCUT2D eigenvalue weighted by Gasteiger charge is 1.96. The summed E-state index contributed by atoms with van der Waals surface area (Å²) in [6, 6.07) is 20.1. The van der Waals surface area contributed by atoms with Crippen LogP contribution >= 0.6 is 0 Å². The molecule has 0 saturated carbocycles. The Morgan fingerprint density at radius 3 is 2.32 bits per heavy atom. The third-order valence-corrected chi connectivity index (χ3v) is 3.31. The summed E-state index contributed by atoms with van der Waals surface area (Å²) in [5.74, 6) is 0. The Morgan fingerprint density at radius 1 is 0.909 bits per heavy atom. The Balaban J connectivity index is 1.55. The topological polar surface area (TPSA) is 41.1 Å². The first-order valence-corrected chi connectivity index (χ1v) is 7.64. The molecule has 22 heavy (non-hydrogen) atoms. The third kappa shape index (κ3) is 6.27. The van der Waals surface area contributed by atoms with Crippen LogP contribution in [-0.2, 0) is 6.42 Å². The molecule has 0 aliphatic carbocycles. The Kier molecular flexibility index (Phi) is 6.76. The third-order valence-electron chi connectivity index (χ3n) is 3.31. The molecule has 2 N–H and O–H groups in total. The van der Waals surface area contributed by atoms with Crippen molar-refractivity contribution in [2.45, 2.75) is 19.3 Å². The van der Waals surface area contributed by atoms with Gasteiger partial charge in [-0.15, -0.1) is 0 Å². The van der Waals surface area contributed by atoms with E-state index < -0.39 is 0 Å². The Labute approximate surface area is 132 Å². The zero-order valence-corrected chi connectivity index (χ0v) is 12.7. The monoisotopic (exact) mass is 294 g/mol. The molecule has 0 aromatic heterocycles. The summed E-state index contributed by atoms with van der Waals surface area (Å²) in [5.41, 5.74) is 2.41. The molecule has 0 unspecified atom stereocenters. The fourth-order valence-corrected chi connectivity index (χ4v) is 2.13. The first kappa shape index (κ1) is 15.8. The highest BCUT2D eigenvalue weighted by Crippen LogP contribution is 2.03. The van der Waals surface area contributed by atoms with E-state index in [0.717, 1.165) is 24.8 Å². The van der Waals surface area contributed by atoms with E-state index in [1.165, 1.54) is 5.56 Å². The van der Waals surface area contributed by atoms with Gasteiger partial charge in [-0.2, -0.15) is 0 Å². The summed E-state index contributed by atoms with van der Waals surface area (Å²) in [6.45, 7) is 0.692. The van der Waals surface area contributed by atoms with Gasteiger partial charge < -0.3 is 10.6 Å². The van der Waals surface area contributed by atoms with Gasteiger partial charge in [0, 0.05) is 12.7 Å². The van der Waals surface area contributed by atoms with Crippen LogP contribution in [0, 0.1) is 0 Å². The minimum absolute atomic E-state index is 0.160. The number of amides is 2. The summed E-state index contributed by atoms with van der Waals surface area (Å²) in [5, 5.41) is 5.56. The average Bonchev–Trinajstić information content (AvgIpc) is 2.56. The summed E-state index contributed by atoms with van der Waals surface area (Å²) in [7, 11) is 0. The number of hydrogen-bond donors (Lipinski definition) is 2. The van der Waals surface area contributed by atoms with E-state index in [4.69, 9.17) is 0 Å². The first-order chi connectivity index (χ1) is 10.8. The van der Waals surface area contributed by atoms with Crippen LogP contribution in [0.3, 0.4) is 0 Å². The molecule has 0 atom stereocenters. The van der Waals surface area contributed by atoms with Crippen molar-refractivity contribution in [1.29, 1.82) is 0 Å². The number of unbranched alkanes of at least 4 members (excludes halogenated alkanes) is 1. The summed E-state index contributed by atoms with van der Waals surface area (Å²) in [6.07, 6.45) is 6.64. The van der Waals surface area contributed by atoms with Crippen LogP contribution in [0.15, 0.2) is 66.9 Å². The second-order valence-electron chi connectivity index (χ2n) is 5.09. The van der Waals surface area contributed by atoms with Gasteiger partial charge in [0.15, 0.2) is 0 Å². The van der Waals surface area contributed by atoms with Crippen molar-refractivity contribution in [3.63, 3.8) is 0 Å². The van der Waals surface area contributed by atoms with Gasteiger partial charge in [-0.1, -0.05) is 60.7 Å². The van der Waals surface area contributed by atoms with E-state index in [1.54, 1.807) is 6.20 Å². The van der Waals surface area contributed by atoms with Gasteiger partial charge in [-0.05, 0) is 36.5 Å². The van der Waals surface area contributed by atoms with E-state index in [9.17, 15) is 4.79 Å². The average molecular weight is 294 g/mol. The molecule has 114 valence electrons. The molecule has 2 aromatic carbocycles. The molecule has 0 spiro atoms. The van der Waals surface area contributed by atoms with E-state index in [2.05, 4.69) is 34.9 Å². The number of rotatable bonds is 7. The molecule has 0 saturated heterocycles. The maximum Gasteiger partial charge on any atom is 0.318 e. The number of hydrogen-bond acceptors (Lipinski definition) is 1. The minimum Gasteiger partial charge on any atom is -0.338 e. The Hall–Kier alpha value is -2.55. The molecule has 3 heteroatoms. The maximum absolute atomic E-state index is 11.6. The van der Waals surface area contributed by atoms with Gasteiger partial charge in [-0.3, -0.25) is 0 Å². The van der Waals surface area contributed by atoms with E-state index in [-0.39, 0.29) is 6.03 Å². The molecule has 3 nitrogen and oxygen atoms in total. The molecule has 0 aliphatic rings. The fraction of sp³-hybridized carbons (Fsp3) is 0.211. The lowest BCUT2D eigenvalue weighted by atomic mass is 10.1. The lowest BCUT2D eigenvalue weighted by Crippen LogP contribution is -2.32. The molecule has 2 aromatic rings. The lowest BCUT2D eigenvalue weighted by Gasteiger charge is -2.05. The molecule has 0 heterocycles. The standard InChI is InChI=1S/C19H22N2O/c22-19(21-16-14-18-11-5-2-6-12-18)20-15-8-7-13-17-9-3-1-4-10-17/h1-6,9-12,14,16H,7-8,13,15H2,(H2,20,21,22)/b16-14+. The van der Waals surface area contributed by atoms with Crippen molar-refractivity contribution >= 4 is 12.1 Å². The van der Waals surface area contributed by atoms with Gasteiger partial charge in [0.25, 0.3) is 0 Å². The smallest absolute Gasteiger partial charge is 0.318 e. The molecule has 0 fully saturated rings. The second kappa shape index (κ2) is 9.40. The molecule has 0 aliphatic heterocycles. The van der Waals surface area contributed by atoms with Crippen LogP contribution in [0.5, 0.6) is 0 Å². The largest absolute Gasteiger partial charge is 0.338 e. The predicted molar refractivity (Wildman–Crippen MR) is 91.4 cm³/mol. The quantitative estimate of drug-likeness (QED) is 0.745. The highest BCUT2D eigenvalue weighted by atomic mass is 16.2. The van der Waals surface area contributed by atoms with Crippen molar-refractivity contribution in [2.24, 2.45) is 0 Å². The number of carbonyl (C=O) groups excluding carboxylic acids is 1. The van der Waals surface area contributed by atoms with Gasteiger partial charge in [0.2, 0.25) is 0 Å². The highest BCUT2D eigenvalue weighted by molar-refractivity contribution is 5.75. The van der Waals surface area contributed by atoms with E-state index >= 15 is 0 Å². The van der Waals surface area contributed by atoms with Gasteiger partial charge in [-0.25, -0.2) is 4.79 Å². The number of urea groups is 1. The molecule has 0 bridgehead atoms.